The fourth-order valence-electron chi connectivity index (χ4n) is 14.2. The molecule has 0 radical (unpaired) electrons. The molecule has 2 aliphatic rings. The maximum atomic E-state index is 2.47. The Labute approximate surface area is 440 Å². The van der Waals surface area contributed by atoms with Gasteiger partial charge < -0.3 is 0 Å². The van der Waals surface area contributed by atoms with E-state index in [-0.39, 0.29) is 0 Å². The van der Waals surface area contributed by atoms with Crippen LogP contribution in [0.1, 0.15) is 0 Å². The predicted molar refractivity (Wildman–Crippen MR) is 324 cm³/mol. The van der Waals surface area contributed by atoms with Crippen LogP contribution in [0.5, 0.6) is 0 Å². The van der Waals surface area contributed by atoms with Gasteiger partial charge in [0.2, 0.25) is 0 Å². The van der Waals surface area contributed by atoms with Crippen molar-refractivity contribution in [3.05, 3.63) is 267 Å². The van der Waals surface area contributed by atoms with Crippen LogP contribution in [0.15, 0.2) is 267 Å². The molecular weight excluding hydrogens is 913 g/mol. The van der Waals surface area contributed by atoms with E-state index in [4.69, 9.17) is 0 Å². The number of hydrogen-bond donors (Lipinski definition) is 0. The topological polar surface area (TPSA) is 0 Å². The number of fused-ring (bicyclic) bond motifs is 10. The Hall–Kier alpha value is -9.88. The number of hydrogen-bond acceptors (Lipinski definition) is 0. The van der Waals surface area contributed by atoms with Gasteiger partial charge in [0.05, 0.1) is 0 Å². The highest BCUT2D eigenvalue weighted by Gasteiger charge is 2.36. The van der Waals surface area contributed by atoms with Gasteiger partial charge in [-0.1, -0.05) is 267 Å². The predicted octanol–water partition coefficient (Wildman–Crippen LogP) is 21.3. The molecule has 0 heteroatoms. The first-order chi connectivity index (χ1) is 37.8. The van der Waals surface area contributed by atoms with E-state index in [1.165, 1.54) is 176 Å². The Kier molecular flexibility index (Phi) is 8.65. The molecule has 348 valence electrons. The molecule has 0 heterocycles. The Morgan fingerprint density at radius 2 is 0.368 bits per heavy atom. The van der Waals surface area contributed by atoms with E-state index in [9.17, 15) is 0 Å². The normalized spacial score (nSPS) is 12.2. The molecule has 2 aliphatic carbocycles. The summed E-state index contributed by atoms with van der Waals surface area (Å²) in [6.07, 6.45) is 0. The third-order valence-corrected chi connectivity index (χ3v) is 17.1. The van der Waals surface area contributed by atoms with Crippen LogP contribution in [0.2, 0.25) is 0 Å². The summed E-state index contributed by atoms with van der Waals surface area (Å²) < 4.78 is 0. The van der Waals surface area contributed by atoms with Crippen molar-refractivity contribution in [1.82, 2.24) is 0 Å². The summed E-state index contributed by atoms with van der Waals surface area (Å²) in [5.74, 6) is 0. The molecule has 0 nitrogen and oxygen atoms in total. The standard InChI is InChI=1S/C76H44/c1-5-21-45(22-6-1)49-29-13-15-31-51(49)69-55-35-19-17-33-53(55)65(47-25-9-3-10-26-47)73-61-41-37-57-58-38-42-62-72-64(44-40-60(68(58)72)59-39-43-63(75(69)73)71(61)67(57)59)76-70(52-32-16-14-30-50(52)46-23-7-2-8-24-46)56-36-20-18-34-54(56)66(74(62)76)48-27-11-4-12-28-48/h1-44H. The molecule has 0 aliphatic heterocycles. The van der Waals surface area contributed by atoms with Gasteiger partial charge in [0.15, 0.2) is 0 Å². The minimum absolute atomic E-state index is 1.22. The minimum atomic E-state index is 1.22. The maximum absolute atomic E-state index is 2.47. The molecule has 0 aromatic heterocycles. The summed E-state index contributed by atoms with van der Waals surface area (Å²) in [6.45, 7) is 0. The van der Waals surface area contributed by atoms with Crippen LogP contribution in [0.25, 0.3) is 176 Å². The average Bonchev–Trinajstić information content (AvgIpc) is 3.91. The van der Waals surface area contributed by atoms with Crippen molar-refractivity contribution in [1.29, 1.82) is 0 Å². The molecule has 0 spiro atoms. The molecule has 0 fully saturated rings. The zero-order valence-corrected chi connectivity index (χ0v) is 41.4. The zero-order chi connectivity index (χ0) is 49.6. The fraction of sp³-hybridized carbons (Fsp3) is 0. The van der Waals surface area contributed by atoms with Gasteiger partial charge in [-0.2, -0.15) is 0 Å². The number of benzene rings is 15. The van der Waals surface area contributed by atoms with Crippen LogP contribution in [0.4, 0.5) is 0 Å². The van der Waals surface area contributed by atoms with Gasteiger partial charge in [-0.15, -0.1) is 0 Å². The second-order valence-corrected chi connectivity index (χ2v) is 20.8. The van der Waals surface area contributed by atoms with Crippen LogP contribution in [0.3, 0.4) is 0 Å². The van der Waals surface area contributed by atoms with Gasteiger partial charge >= 0.3 is 0 Å². The lowest BCUT2D eigenvalue weighted by Crippen LogP contribution is -1.95. The molecule has 0 bridgehead atoms. The first-order valence-electron chi connectivity index (χ1n) is 26.6. The molecule has 0 unspecified atom stereocenters. The van der Waals surface area contributed by atoms with Gasteiger partial charge in [0.25, 0.3) is 0 Å². The van der Waals surface area contributed by atoms with E-state index in [2.05, 4.69) is 267 Å². The van der Waals surface area contributed by atoms with Crippen molar-refractivity contribution in [2.45, 2.75) is 0 Å². The van der Waals surface area contributed by atoms with Gasteiger partial charge in [-0.25, -0.2) is 0 Å². The Morgan fingerprint density at radius 3 is 0.697 bits per heavy atom. The largest absolute Gasteiger partial charge is 0.0622 e. The fourth-order valence-corrected chi connectivity index (χ4v) is 14.2. The summed E-state index contributed by atoms with van der Waals surface area (Å²) in [7, 11) is 0. The molecule has 0 saturated heterocycles. The van der Waals surface area contributed by atoms with E-state index < -0.39 is 0 Å². The van der Waals surface area contributed by atoms with Crippen molar-refractivity contribution >= 4 is 64.6 Å². The van der Waals surface area contributed by atoms with Crippen molar-refractivity contribution in [3.8, 4) is 111 Å². The van der Waals surface area contributed by atoms with Crippen LogP contribution in [-0.2, 0) is 0 Å². The van der Waals surface area contributed by atoms with Gasteiger partial charge in [0, 0.05) is 0 Å². The highest BCUT2D eigenvalue weighted by molar-refractivity contribution is 6.42. The maximum Gasteiger partial charge on any atom is -0.000718 e. The highest BCUT2D eigenvalue weighted by atomic mass is 14.4. The Balaban J connectivity index is 0.992. The molecule has 0 atom stereocenters. The summed E-state index contributed by atoms with van der Waals surface area (Å²) in [5.41, 5.74) is 25.5. The lowest BCUT2D eigenvalue weighted by molar-refractivity contribution is 1.59. The second-order valence-electron chi connectivity index (χ2n) is 20.8. The Morgan fingerprint density at radius 1 is 0.118 bits per heavy atom. The van der Waals surface area contributed by atoms with E-state index in [1.807, 2.05) is 0 Å². The van der Waals surface area contributed by atoms with E-state index in [1.54, 1.807) is 0 Å². The van der Waals surface area contributed by atoms with Crippen LogP contribution in [0, 0.1) is 0 Å². The summed E-state index contributed by atoms with van der Waals surface area (Å²) >= 11 is 0. The first-order valence-corrected chi connectivity index (χ1v) is 26.6. The van der Waals surface area contributed by atoms with E-state index in [0.29, 0.717) is 0 Å². The van der Waals surface area contributed by atoms with Gasteiger partial charge in [-0.3, -0.25) is 0 Å². The molecule has 0 saturated carbocycles. The smallest absolute Gasteiger partial charge is 0.000718 e. The van der Waals surface area contributed by atoms with Crippen molar-refractivity contribution in [3.63, 3.8) is 0 Å². The summed E-state index contributed by atoms with van der Waals surface area (Å²) in [4.78, 5) is 0. The minimum Gasteiger partial charge on any atom is -0.0622 e. The van der Waals surface area contributed by atoms with Gasteiger partial charge in [0.1, 0.15) is 0 Å². The first kappa shape index (κ1) is 41.6. The van der Waals surface area contributed by atoms with Gasteiger partial charge in [-0.05, 0) is 176 Å². The molecule has 0 N–H and O–H groups in total. The Bertz CT molecular complexity index is 4600. The molecule has 15 aromatic rings. The van der Waals surface area contributed by atoms with Crippen LogP contribution < -0.4 is 0 Å². The quantitative estimate of drug-likeness (QED) is 0.115. The average molecular weight is 957 g/mol. The second kappa shape index (κ2) is 15.8. The SMILES string of the molecule is c1ccc(-c2ccccc2-c2c3c(c(-c4ccccc4)c4ccccc24)-c2ccc4c5ccc6c7c(ccc(c8ccc-3c2c48)c75)-c2c-6c(-c3ccccc3)c3ccccc3c2-c2ccccc2-c2ccccc2)cc1. The summed E-state index contributed by atoms with van der Waals surface area (Å²) in [6, 6.07) is 100. The molecule has 0 amide bonds. The highest BCUT2D eigenvalue weighted by Crippen LogP contribution is 2.63. The monoisotopic (exact) mass is 956 g/mol. The van der Waals surface area contributed by atoms with Crippen LogP contribution in [-0.4, -0.2) is 0 Å². The lowest BCUT2D eigenvalue weighted by atomic mass is 9.81. The third kappa shape index (κ3) is 5.57. The molecular formula is C76H44. The van der Waals surface area contributed by atoms with Crippen molar-refractivity contribution in [2.24, 2.45) is 0 Å². The lowest BCUT2D eigenvalue weighted by Gasteiger charge is -2.22. The number of rotatable bonds is 6. The third-order valence-electron chi connectivity index (χ3n) is 17.1. The van der Waals surface area contributed by atoms with E-state index >= 15 is 0 Å². The summed E-state index contributed by atoms with van der Waals surface area (Å²) in [5, 5.41) is 15.7. The van der Waals surface area contributed by atoms with Crippen molar-refractivity contribution < 1.29 is 0 Å². The van der Waals surface area contributed by atoms with E-state index in [0.717, 1.165) is 0 Å². The molecule has 17 rings (SSSR count). The van der Waals surface area contributed by atoms with Crippen molar-refractivity contribution in [2.75, 3.05) is 0 Å². The molecule has 15 aromatic carbocycles. The zero-order valence-electron chi connectivity index (χ0n) is 41.4. The molecule has 76 heavy (non-hydrogen) atoms. The van der Waals surface area contributed by atoms with Crippen LogP contribution >= 0.6 is 0 Å².